The molecule has 5 nitrogen and oxygen atoms in total. The number of carbonyl (C=O) groups excluding carboxylic acids is 2. The van der Waals surface area contributed by atoms with Gasteiger partial charge in [0.15, 0.2) is 0 Å². The van der Waals surface area contributed by atoms with Gasteiger partial charge in [0, 0.05) is 0 Å². The van der Waals surface area contributed by atoms with Gasteiger partial charge in [-0.25, -0.2) is 10.2 Å². The van der Waals surface area contributed by atoms with Gasteiger partial charge in [0.25, 0.3) is 0 Å². The van der Waals surface area contributed by atoms with E-state index in [-0.39, 0.29) is 5.91 Å². The van der Waals surface area contributed by atoms with Gasteiger partial charge in [-0.3, -0.25) is 10.2 Å². The number of nitrogens with one attached hydrogen (secondary N) is 2. The Morgan fingerprint density at radius 1 is 1.31 bits per heavy atom. The van der Waals surface area contributed by atoms with Crippen LogP contribution in [0.15, 0.2) is 12.2 Å². The molecule has 0 spiro atoms. The first kappa shape index (κ1) is 11.5. The van der Waals surface area contributed by atoms with E-state index >= 15 is 0 Å². The zero-order chi connectivity index (χ0) is 10.6. The first-order valence-electron chi connectivity index (χ1n) is 3.80. The van der Waals surface area contributed by atoms with Gasteiger partial charge in [0.2, 0.25) is 5.91 Å². The monoisotopic (exact) mass is 185 g/mol. The van der Waals surface area contributed by atoms with Crippen LogP contribution in [0.2, 0.25) is 0 Å². The fourth-order valence-electron chi connectivity index (χ4n) is 0.468. The summed E-state index contributed by atoms with van der Waals surface area (Å²) in [5.74, 6) is -0.348. The van der Waals surface area contributed by atoms with Crippen molar-refractivity contribution in [2.75, 3.05) is 0 Å². The predicted octanol–water partition coefficient (Wildman–Crippen LogP) is 0.288. The SMILES string of the molecule is C=C(C)C(C)(C)C(=O)NNC(N)=O. The maximum absolute atomic E-state index is 11.4. The Balaban J connectivity index is 4.26. The van der Waals surface area contributed by atoms with Gasteiger partial charge in [-0.2, -0.15) is 0 Å². The van der Waals surface area contributed by atoms with E-state index in [1.165, 1.54) is 0 Å². The number of primary amides is 1. The minimum Gasteiger partial charge on any atom is -0.350 e. The van der Waals surface area contributed by atoms with Crippen LogP contribution in [0.1, 0.15) is 20.8 Å². The summed E-state index contributed by atoms with van der Waals surface area (Å²) in [5, 5.41) is 0. The quantitative estimate of drug-likeness (QED) is 0.426. The van der Waals surface area contributed by atoms with Crippen molar-refractivity contribution < 1.29 is 9.59 Å². The van der Waals surface area contributed by atoms with Crippen LogP contribution in [-0.4, -0.2) is 11.9 Å². The zero-order valence-corrected chi connectivity index (χ0v) is 8.10. The second kappa shape index (κ2) is 3.93. The Labute approximate surface area is 77.3 Å². The lowest BCUT2D eigenvalue weighted by Crippen LogP contribution is -2.49. The van der Waals surface area contributed by atoms with Crippen molar-refractivity contribution in [1.29, 1.82) is 0 Å². The standard InChI is InChI=1S/C8H15N3O2/c1-5(2)8(3,4)6(12)10-11-7(9)13/h1H2,2-4H3,(H,10,12)(H3,9,11,13). The number of hydrazine groups is 1. The highest BCUT2D eigenvalue weighted by atomic mass is 16.2. The molecule has 0 saturated carbocycles. The van der Waals surface area contributed by atoms with E-state index in [1.807, 2.05) is 5.43 Å². The molecule has 3 amide bonds. The summed E-state index contributed by atoms with van der Waals surface area (Å²) >= 11 is 0. The highest BCUT2D eigenvalue weighted by molar-refractivity contribution is 5.86. The van der Waals surface area contributed by atoms with E-state index in [9.17, 15) is 9.59 Å². The fraction of sp³-hybridized carbons (Fsp3) is 0.500. The fourth-order valence-corrected chi connectivity index (χ4v) is 0.468. The molecule has 0 aliphatic rings. The molecule has 0 saturated heterocycles. The molecular formula is C8H15N3O2. The Morgan fingerprint density at radius 3 is 2.08 bits per heavy atom. The van der Waals surface area contributed by atoms with Gasteiger partial charge >= 0.3 is 6.03 Å². The van der Waals surface area contributed by atoms with Crippen molar-refractivity contribution in [3.8, 4) is 0 Å². The zero-order valence-electron chi connectivity index (χ0n) is 8.10. The molecular weight excluding hydrogens is 170 g/mol. The average molecular weight is 185 g/mol. The van der Waals surface area contributed by atoms with Crippen LogP contribution in [-0.2, 0) is 4.79 Å². The number of nitrogens with two attached hydrogens (primary N) is 1. The predicted molar refractivity (Wildman–Crippen MR) is 49.5 cm³/mol. The highest BCUT2D eigenvalue weighted by Gasteiger charge is 2.28. The van der Waals surface area contributed by atoms with E-state index in [0.717, 1.165) is 0 Å². The number of amides is 3. The van der Waals surface area contributed by atoms with Crippen molar-refractivity contribution in [2.24, 2.45) is 11.1 Å². The summed E-state index contributed by atoms with van der Waals surface area (Å²) in [6.07, 6.45) is 0. The molecule has 5 heteroatoms. The van der Waals surface area contributed by atoms with E-state index in [2.05, 4.69) is 12.0 Å². The van der Waals surface area contributed by atoms with Crippen molar-refractivity contribution >= 4 is 11.9 Å². The van der Waals surface area contributed by atoms with Crippen LogP contribution in [0.4, 0.5) is 4.79 Å². The van der Waals surface area contributed by atoms with Gasteiger partial charge in [0.1, 0.15) is 0 Å². The first-order valence-corrected chi connectivity index (χ1v) is 3.80. The molecule has 0 aromatic heterocycles. The third-order valence-electron chi connectivity index (χ3n) is 1.93. The molecule has 0 heterocycles. The summed E-state index contributed by atoms with van der Waals surface area (Å²) in [5.41, 5.74) is 8.94. The molecule has 0 aliphatic carbocycles. The van der Waals surface area contributed by atoms with E-state index in [0.29, 0.717) is 5.57 Å². The molecule has 0 aromatic carbocycles. The largest absolute Gasteiger partial charge is 0.350 e. The number of hydrogen-bond acceptors (Lipinski definition) is 2. The number of hydrogen-bond donors (Lipinski definition) is 3. The average Bonchev–Trinajstić information content (AvgIpc) is 1.99. The molecule has 0 aliphatic heterocycles. The third kappa shape index (κ3) is 3.14. The van der Waals surface area contributed by atoms with Crippen LogP contribution in [0, 0.1) is 5.41 Å². The Kier molecular flexibility index (Phi) is 3.47. The molecule has 4 N–H and O–H groups in total. The van der Waals surface area contributed by atoms with Crippen LogP contribution >= 0.6 is 0 Å². The molecule has 0 aromatic rings. The van der Waals surface area contributed by atoms with Crippen LogP contribution in [0.5, 0.6) is 0 Å². The molecule has 0 radical (unpaired) electrons. The van der Waals surface area contributed by atoms with Gasteiger partial charge < -0.3 is 5.73 Å². The molecule has 0 bridgehead atoms. The maximum atomic E-state index is 11.4. The molecule has 0 unspecified atom stereocenters. The normalized spacial score (nSPS) is 10.4. The Bertz CT molecular complexity index is 246. The lowest BCUT2D eigenvalue weighted by Gasteiger charge is -2.23. The second-order valence-electron chi connectivity index (χ2n) is 3.35. The number of rotatable bonds is 2. The van der Waals surface area contributed by atoms with Gasteiger partial charge in [-0.05, 0) is 20.8 Å². The van der Waals surface area contributed by atoms with Gasteiger partial charge in [-0.15, -0.1) is 0 Å². The molecule has 0 rings (SSSR count). The highest BCUT2D eigenvalue weighted by Crippen LogP contribution is 2.23. The van der Waals surface area contributed by atoms with Crippen molar-refractivity contribution in [3.63, 3.8) is 0 Å². The Morgan fingerprint density at radius 2 is 1.77 bits per heavy atom. The summed E-state index contributed by atoms with van der Waals surface area (Å²) in [6, 6.07) is -0.800. The lowest BCUT2D eigenvalue weighted by atomic mass is 9.85. The minimum atomic E-state index is -0.800. The van der Waals surface area contributed by atoms with Crippen LogP contribution in [0.3, 0.4) is 0 Å². The topological polar surface area (TPSA) is 84.2 Å². The summed E-state index contributed by atoms with van der Waals surface area (Å²) in [6.45, 7) is 8.81. The van der Waals surface area contributed by atoms with E-state index in [1.54, 1.807) is 20.8 Å². The molecule has 74 valence electrons. The van der Waals surface area contributed by atoms with Crippen molar-refractivity contribution in [1.82, 2.24) is 10.9 Å². The smallest absolute Gasteiger partial charge is 0.330 e. The number of urea groups is 1. The van der Waals surface area contributed by atoms with Crippen LogP contribution in [0.25, 0.3) is 0 Å². The maximum Gasteiger partial charge on any atom is 0.330 e. The third-order valence-corrected chi connectivity index (χ3v) is 1.93. The first-order chi connectivity index (χ1) is 5.78. The van der Waals surface area contributed by atoms with Gasteiger partial charge in [-0.1, -0.05) is 12.2 Å². The van der Waals surface area contributed by atoms with Crippen molar-refractivity contribution in [2.45, 2.75) is 20.8 Å². The summed E-state index contributed by atoms with van der Waals surface area (Å²) in [7, 11) is 0. The van der Waals surface area contributed by atoms with Crippen LogP contribution < -0.4 is 16.6 Å². The van der Waals surface area contributed by atoms with E-state index in [4.69, 9.17) is 5.73 Å². The van der Waals surface area contributed by atoms with Gasteiger partial charge in [0.05, 0.1) is 5.41 Å². The number of carbonyl (C=O) groups is 2. The summed E-state index contributed by atoms with van der Waals surface area (Å²) in [4.78, 5) is 21.6. The Hall–Kier alpha value is -1.52. The minimum absolute atomic E-state index is 0.348. The van der Waals surface area contributed by atoms with E-state index < -0.39 is 11.4 Å². The molecule has 0 fully saturated rings. The van der Waals surface area contributed by atoms with Crippen molar-refractivity contribution in [3.05, 3.63) is 12.2 Å². The second-order valence-corrected chi connectivity index (χ2v) is 3.35. The lowest BCUT2D eigenvalue weighted by molar-refractivity contribution is -0.128. The molecule has 0 atom stereocenters. The summed E-state index contributed by atoms with van der Waals surface area (Å²) < 4.78 is 0. The molecule has 13 heavy (non-hydrogen) atoms.